The van der Waals surface area contributed by atoms with Crippen molar-refractivity contribution in [2.75, 3.05) is 5.73 Å². The molecule has 2 rings (SSSR count). The predicted molar refractivity (Wildman–Crippen MR) is 73.3 cm³/mol. The molecular weight excluding hydrogens is 296 g/mol. The number of nitrogens with zero attached hydrogens (tertiary/aromatic N) is 3. The van der Waals surface area contributed by atoms with Crippen LogP contribution >= 0.6 is 0 Å². The fourth-order valence-electron chi connectivity index (χ4n) is 1.87. The van der Waals surface area contributed by atoms with E-state index in [-0.39, 0.29) is 17.1 Å². The molecule has 0 saturated carbocycles. The van der Waals surface area contributed by atoms with Gasteiger partial charge in [-0.15, -0.1) is 5.10 Å². The van der Waals surface area contributed by atoms with E-state index in [0.29, 0.717) is 0 Å². The first-order valence-corrected chi connectivity index (χ1v) is 7.61. The van der Waals surface area contributed by atoms with Crippen molar-refractivity contribution >= 4 is 21.6 Å². The van der Waals surface area contributed by atoms with Gasteiger partial charge in [-0.1, -0.05) is 30.3 Å². The molecular formula is C12H14N4O4S. The molecule has 8 nitrogen and oxygen atoms in total. The highest BCUT2D eigenvalue weighted by molar-refractivity contribution is 7.91. The molecule has 1 heterocycles. The summed E-state index contributed by atoms with van der Waals surface area (Å²) < 4.78 is 25.7. The molecule has 0 aliphatic carbocycles. The summed E-state index contributed by atoms with van der Waals surface area (Å²) in [6.45, 7) is 1.63. The lowest BCUT2D eigenvalue weighted by Gasteiger charge is -2.10. The maximum Gasteiger partial charge on any atom is 0.328 e. The molecule has 21 heavy (non-hydrogen) atoms. The number of rotatable bonds is 5. The van der Waals surface area contributed by atoms with Gasteiger partial charge in [-0.05, 0) is 18.6 Å². The lowest BCUT2D eigenvalue weighted by molar-refractivity contribution is -0.141. The van der Waals surface area contributed by atoms with E-state index in [4.69, 9.17) is 10.8 Å². The summed E-state index contributed by atoms with van der Waals surface area (Å²) in [7, 11) is -3.93. The number of nitrogen functional groups attached to an aromatic ring is 1. The lowest BCUT2D eigenvalue weighted by Crippen LogP contribution is -2.21. The van der Waals surface area contributed by atoms with Crippen LogP contribution in [-0.4, -0.2) is 34.5 Å². The standard InChI is InChI=1S/C12H14N4O4S/c1-2-9(12(17)18)16-10(13)11(14-15-16)21(19,20)8-6-4-3-5-7-8/h3-7,9H,2,13H2,1H3,(H,17,18). The molecule has 0 aliphatic rings. The van der Waals surface area contributed by atoms with Gasteiger partial charge in [-0.25, -0.2) is 17.9 Å². The molecule has 0 amide bonds. The van der Waals surface area contributed by atoms with Crippen LogP contribution in [0.2, 0.25) is 0 Å². The number of aliphatic carboxylic acids is 1. The zero-order valence-corrected chi connectivity index (χ0v) is 12.0. The third-order valence-corrected chi connectivity index (χ3v) is 4.67. The number of carboxylic acids is 1. The molecule has 0 aliphatic heterocycles. The second-order valence-corrected chi connectivity index (χ2v) is 6.17. The molecule has 0 saturated heterocycles. The van der Waals surface area contributed by atoms with E-state index in [2.05, 4.69) is 10.3 Å². The molecule has 0 radical (unpaired) electrons. The van der Waals surface area contributed by atoms with Gasteiger partial charge in [0.1, 0.15) is 0 Å². The number of sulfone groups is 1. The number of aromatic nitrogens is 3. The van der Waals surface area contributed by atoms with Crippen LogP contribution < -0.4 is 5.73 Å². The first-order chi connectivity index (χ1) is 9.89. The summed E-state index contributed by atoms with van der Waals surface area (Å²) in [6, 6.07) is 6.57. The first kappa shape index (κ1) is 15.0. The van der Waals surface area contributed by atoms with E-state index in [1.807, 2.05) is 0 Å². The highest BCUT2D eigenvalue weighted by Gasteiger charge is 2.30. The Morgan fingerprint density at radius 1 is 1.38 bits per heavy atom. The number of hydrogen-bond acceptors (Lipinski definition) is 6. The second-order valence-electron chi connectivity index (χ2n) is 4.30. The molecule has 1 unspecified atom stereocenters. The monoisotopic (exact) mass is 310 g/mol. The summed E-state index contributed by atoms with van der Waals surface area (Å²) in [5.74, 6) is -1.44. The Hall–Kier alpha value is -2.42. The van der Waals surface area contributed by atoms with Crippen molar-refractivity contribution in [2.24, 2.45) is 0 Å². The van der Waals surface area contributed by atoms with E-state index in [1.165, 1.54) is 12.1 Å². The maximum absolute atomic E-state index is 12.4. The van der Waals surface area contributed by atoms with Crippen LogP contribution in [0.1, 0.15) is 19.4 Å². The van der Waals surface area contributed by atoms with Crippen LogP contribution in [0.15, 0.2) is 40.3 Å². The van der Waals surface area contributed by atoms with Gasteiger partial charge in [0.2, 0.25) is 14.9 Å². The van der Waals surface area contributed by atoms with Crippen molar-refractivity contribution in [2.45, 2.75) is 29.3 Å². The minimum Gasteiger partial charge on any atom is -0.480 e. The van der Waals surface area contributed by atoms with E-state index in [1.54, 1.807) is 25.1 Å². The van der Waals surface area contributed by atoms with Crippen molar-refractivity contribution in [3.63, 3.8) is 0 Å². The smallest absolute Gasteiger partial charge is 0.328 e. The molecule has 1 aromatic heterocycles. The number of nitrogens with two attached hydrogens (primary N) is 1. The van der Waals surface area contributed by atoms with Crippen molar-refractivity contribution < 1.29 is 18.3 Å². The molecule has 0 spiro atoms. The largest absolute Gasteiger partial charge is 0.480 e. The maximum atomic E-state index is 12.4. The summed E-state index contributed by atoms with van der Waals surface area (Å²) in [4.78, 5) is 11.1. The first-order valence-electron chi connectivity index (χ1n) is 6.13. The van der Waals surface area contributed by atoms with Crippen molar-refractivity contribution in [1.82, 2.24) is 15.0 Å². The summed E-state index contributed by atoms with van der Waals surface area (Å²) >= 11 is 0. The van der Waals surface area contributed by atoms with Gasteiger partial charge in [0.25, 0.3) is 0 Å². The fraction of sp³-hybridized carbons (Fsp3) is 0.250. The number of carboxylic acid groups (broad SMARTS) is 1. The minimum atomic E-state index is -3.93. The van der Waals surface area contributed by atoms with Crippen molar-refractivity contribution in [3.8, 4) is 0 Å². The number of benzene rings is 1. The number of hydrogen-bond donors (Lipinski definition) is 2. The van der Waals surface area contributed by atoms with Gasteiger partial charge in [0.05, 0.1) is 4.90 Å². The predicted octanol–water partition coefficient (Wildman–Crippen LogP) is 0.729. The summed E-state index contributed by atoms with van der Waals surface area (Å²) in [5, 5.41) is 15.8. The number of carbonyl (C=O) groups is 1. The minimum absolute atomic E-state index is 0.0205. The van der Waals surface area contributed by atoms with Crippen LogP contribution in [0.4, 0.5) is 5.82 Å². The van der Waals surface area contributed by atoms with E-state index >= 15 is 0 Å². The number of anilines is 1. The van der Waals surface area contributed by atoms with Crippen LogP contribution in [0, 0.1) is 0 Å². The topological polar surface area (TPSA) is 128 Å². The van der Waals surface area contributed by atoms with Crippen LogP contribution in [0.5, 0.6) is 0 Å². The normalized spacial score (nSPS) is 13.0. The Morgan fingerprint density at radius 3 is 2.52 bits per heavy atom. The Labute approximate surface area is 121 Å². The molecule has 3 N–H and O–H groups in total. The molecule has 9 heteroatoms. The third kappa shape index (κ3) is 2.59. The van der Waals surface area contributed by atoms with Crippen molar-refractivity contribution in [1.29, 1.82) is 0 Å². The molecule has 2 aromatic rings. The molecule has 112 valence electrons. The zero-order chi connectivity index (χ0) is 15.6. The lowest BCUT2D eigenvalue weighted by atomic mass is 10.2. The highest BCUT2D eigenvalue weighted by atomic mass is 32.2. The Kier molecular flexibility index (Phi) is 3.94. The second kappa shape index (κ2) is 5.52. The fourth-order valence-corrected chi connectivity index (χ4v) is 3.12. The zero-order valence-electron chi connectivity index (χ0n) is 11.2. The van der Waals surface area contributed by atoms with Crippen LogP contribution in [0.3, 0.4) is 0 Å². The summed E-state index contributed by atoms with van der Waals surface area (Å²) in [6.07, 6.45) is 0.202. The Morgan fingerprint density at radius 2 is 2.00 bits per heavy atom. The Balaban J connectivity index is 2.53. The average molecular weight is 310 g/mol. The van der Waals surface area contributed by atoms with Crippen LogP contribution in [0.25, 0.3) is 0 Å². The highest BCUT2D eigenvalue weighted by Crippen LogP contribution is 2.26. The third-order valence-electron chi connectivity index (χ3n) is 2.97. The van der Waals surface area contributed by atoms with E-state index in [9.17, 15) is 13.2 Å². The SMILES string of the molecule is CCC(C(=O)O)n1nnc(S(=O)(=O)c2ccccc2)c1N. The van der Waals surface area contributed by atoms with Gasteiger partial charge in [0, 0.05) is 0 Å². The van der Waals surface area contributed by atoms with Crippen molar-refractivity contribution in [3.05, 3.63) is 30.3 Å². The van der Waals surface area contributed by atoms with E-state index < -0.39 is 26.9 Å². The molecule has 1 aromatic carbocycles. The van der Waals surface area contributed by atoms with Gasteiger partial charge < -0.3 is 10.8 Å². The van der Waals surface area contributed by atoms with Gasteiger partial charge >= 0.3 is 5.97 Å². The van der Waals surface area contributed by atoms with E-state index in [0.717, 1.165) is 4.68 Å². The molecule has 1 atom stereocenters. The summed E-state index contributed by atoms with van der Waals surface area (Å²) in [5.41, 5.74) is 5.74. The molecule has 0 fully saturated rings. The van der Waals surface area contributed by atoms with Gasteiger partial charge in [-0.3, -0.25) is 0 Å². The quantitative estimate of drug-likeness (QED) is 0.832. The Bertz CT molecular complexity index is 755. The average Bonchev–Trinajstić information content (AvgIpc) is 2.83. The van der Waals surface area contributed by atoms with Gasteiger partial charge in [0.15, 0.2) is 11.9 Å². The molecule has 0 bridgehead atoms. The van der Waals surface area contributed by atoms with Gasteiger partial charge in [-0.2, -0.15) is 0 Å². The van der Waals surface area contributed by atoms with Crippen LogP contribution in [-0.2, 0) is 14.6 Å².